The first-order chi connectivity index (χ1) is 15.7. The van der Waals surface area contributed by atoms with Crippen LogP contribution < -0.4 is 15.1 Å². The van der Waals surface area contributed by atoms with Gasteiger partial charge in [0.05, 0.1) is 25.1 Å². The Bertz CT molecular complexity index is 850. The molecule has 0 aliphatic carbocycles. The van der Waals surface area contributed by atoms with Crippen molar-refractivity contribution < 1.29 is 9.47 Å². The summed E-state index contributed by atoms with van der Waals surface area (Å²) in [5.41, 5.74) is 5.11. The molecule has 0 amide bonds. The zero-order chi connectivity index (χ0) is 22.6. The Morgan fingerprint density at radius 3 is 2.66 bits per heavy atom. The van der Waals surface area contributed by atoms with Crippen LogP contribution in [0.25, 0.3) is 0 Å². The van der Waals surface area contributed by atoms with Crippen LogP contribution in [0.15, 0.2) is 29.4 Å². The maximum absolute atomic E-state index is 5.92. The van der Waals surface area contributed by atoms with Crippen molar-refractivity contribution >= 4 is 17.9 Å². The zero-order valence-corrected chi connectivity index (χ0v) is 19.5. The molecule has 1 aliphatic rings. The van der Waals surface area contributed by atoms with Crippen LogP contribution in [0.2, 0.25) is 0 Å². The number of benzene rings is 1. The number of hydrazone groups is 1. The molecule has 9 nitrogen and oxygen atoms in total. The summed E-state index contributed by atoms with van der Waals surface area (Å²) >= 11 is 0. The van der Waals surface area contributed by atoms with Gasteiger partial charge in [-0.25, -0.2) is 0 Å². The van der Waals surface area contributed by atoms with E-state index in [-0.39, 0.29) is 0 Å². The van der Waals surface area contributed by atoms with Crippen LogP contribution in [0.1, 0.15) is 38.1 Å². The molecule has 0 bridgehead atoms. The summed E-state index contributed by atoms with van der Waals surface area (Å²) in [5.74, 6) is 1.09. The number of anilines is 2. The normalized spacial score (nSPS) is 14.6. The van der Waals surface area contributed by atoms with E-state index in [1.165, 1.54) is 5.56 Å². The molecule has 1 N–H and O–H groups in total. The van der Waals surface area contributed by atoms with E-state index in [0.717, 1.165) is 64.5 Å². The largest absolute Gasteiger partial charge is 0.462 e. The Balaban J connectivity index is 1.71. The van der Waals surface area contributed by atoms with Gasteiger partial charge in [-0.15, -0.1) is 0 Å². The number of nitrogens with zero attached hydrogens (tertiary/aromatic N) is 6. The molecule has 32 heavy (non-hydrogen) atoms. The van der Waals surface area contributed by atoms with Crippen LogP contribution in [-0.4, -0.2) is 78.6 Å². The van der Waals surface area contributed by atoms with Crippen molar-refractivity contribution in [2.45, 2.75) is 33.6 Å². The molecular weight excluding hydrogens is 406 g/mol. The first-order valence-corrected chi connectivity index (χ1v) is 11.5. The average molecular weight is 442 g/mol. The quantitative estimate of drug-likeness (QED) is 0.397. The zero-order valence-electron chi connectivity index (χ0n) is 19.5. The monoisotopic (exact) mass is 441 g/mol. The number of morpholine rings is 1. The van der Waals surface area contributed by atoms with E-state index in [1.54, 1.807) is 6.21 Å². The highest BCUT2D eigenvalue weighted by Crippen LogP contribution is 2.14. The lowest BCUT2D eigenvalue weighted by Crippen LogP contribution is -2.38. The summed E-state index contributed by atoms with van der Waals surface area (Å²) in [6.45, 7) is 12.8. The lowest BCUT2D eigenvalue weighted by Gasteiger charge is -2.26. The van der Waals surface area contributed by atoms with Gasteiger partial charge >= 0.3 is 6.01 Å². The van der Waals surface area contributed by atoms with E-state index in [9.17, 15) is 0 Å². The maximum atomic E-state index is 5.92. The topological polar surface area (TPSA) is 88.0 Å². The molecule has 0 saturated carbocycles. The first kappa shape index (κ1) is 23.9. The van der Waals surface area contributed by atoms with Gasteiger partial charge in [0.15, 0.2) is 5.82 Å². The fourth-order valence-corrected chi connectivity index (χ4v) is 3.45. The predicted molar refractivity (Wildman–Crippen MR) is 128 cm³/mol. The molecule has 0 spiro atoms. The first-order valence-electron chi connectivity index (χ1n) is 11.5. The third-order valence-corrected chi connectivity index (χ3v) is 5.02. The van der Waals surface area contributed by atoms with E-state index >= 15 is 0 Å². The van der Waals surface area contributed by atoms with E-state index in [0.29, 0.717) is 24.4 Å². The fourth-order valence-electron chi connectivity index (χ4n) is 3.45. The second kappa shape index (κ2) is 12.9. The molecule has 0 atom stereocenters. The highest BCUT2D eigenvalue weighted by atomic mass is 16.5. The van der Waals surface area contributed by atoms with E-state index < -0.39 is 0 Å². The number of ether oxygens (including phenoxy) is 2. The maximum Gasteiger partial charge on any atom is 0.321 e. The minimum atomic E-state index is 0.331. The molecule has 0 unspecified atom stereocenters. The lowest BCUT2D eigenvalue weighted by atomic mass is 10.2. The van der Waals surface area contributed by atoms with Gasteiger partial charge in [0.2, 0.25) is 5.95 Å². The third kappa shape index (κ3) is 7.72. The van der Waals surface area contributed by atoms with Gasteiger partial charge in [0, 0.05) is 32.7 Å². The molecule has 2 aromatic rings. The summed E-state index contributed by atoms with van der Waals surface area (Å²) in [6, 6.07) is 8.36. The molecule has 1 fully saturated rings. The van der Waals surface area contributed by atoms with Crippen molar-refractivity contribution in [2.24, 2.45) is 5.10 Å². The summed E-state index contributed by atoms with van der Waals surface area (Å²) in [5, 5.41) is 4.32. The highest BCUT2D eigenvalue weighted by Gasteiger charge is 2.14. The van der Waals surface area contributed by atoms with Crippen molar-refractivity contribution in [3.8, 4) is 6.01 Å². The number of hydrogen-bond donors (Lipinski definition) is 1. The predicted octanol–water partition coefficient (Wildman–Crippen LogP) is 2.96. The van der Waals surface area contributed by atoms with Gasteiger partial charge < -0.3 is 14.4 Å². The average Bonchev–Trinajstić information content (AvgIpc) is 2.80. The smallest absolute Gasteiger partial charge is 0.321 e. The van der Waals surface area contributed by atoms with Gasteiger partial charge in [0.25, 0.3) is 0 Å². The van der Waals surface area contributed by atoms with Crippen LogP contribution in [0.3, 0.4) is 0 Å². The van der Waals surface area contributed by atoms with E-state index in [1.807, 2.05) is 31.2 Å². The molecule has 3 rings (SSSR count). The van der Waals surface area contributed by atoms with Crippen molar-refractivity contribution in [1.82, 2.24) is 19.9 Å². The SMILES string of the molecule is CCCN(CCC)c1nc(/C=N/Nc2cccc(C)c2)nc(OCCN2CCOCC2)n1. The number of rotatable bonds is 12. The Labute approximate surface area is 190 Å². The van der Waals surface area contributed by atoms with Crippen molar-refractivity contribution in [3.05, 3.63) is 35.7 Å². The highest BCUT2D eigenvalue weighted by molar-refractivity contribution is 5.75. The van der Waals surface area contributed by atoms with Crippen molar-refractivity contribution in [1.29, 1.82) is 0 Å². The second-order valence-electron chi connectivity index (χ2n) is 7.81. The van der Waals surface area contributed by atoms with Crippen LogP contribution in [0.4, 0.5) is 11.6 Å². The molecule has 174 valence electrons. The number of aromatic nitrogens is 3. The molecular formula is C23H35N7O2. The van der Waals surface area contributed by atoms with Crippen LogP contribution in [-0.2, 0) is 4.74 Å². The summed E-state index contributed by atoms with van der Waals surface area (Å²) in [7, 11) is 0. The molecule has 1 aliphatic heterocycles. The van der Waals surface area contributed by atoms with Gasteiger partial charge in [-0.3, -0.25) is 10.3 Å². The molecule has 9 heteroatoms. The molecule has 0 radical (unpaired) electrons. The molecule has 1 aromatic heterocycles. The van der Waals surface area contributed by atoms with Crippen LogP contribution >= 0.6 is 0 Å². The van der Waals surface area contributed by atoms with Crippen LogP contribution in [0.5, 0.6) is 6.01 Å². The van der Waals surface area contributed by atoms with E-state index in [2.05, 4.69) is 49.1 Å². The number of aryl methyl sites for hydroxylation is 1. The Morgan fingerprint density at radius 2 is 1.94 bits per heavy atom. The standard InChI is InChI=1S/C23H35N7O2/c1-4-9-30(10-5-2)22-25-21(18-24-28-20-8-6-7-19(3)17-20)26-23(27-22)32-16-13-29-11-14-31-15-12-29/h6-8,17-18,28H,4-5,9-16H2,1-3H3/b24-18+. The molecule has 1 saturated heterocycles. The molecule has 2 heterocycles. The lowest BCUT2D eigenvalue weighted by molar-refractivity contribution is 0.0317. The second-order valence-corrected chi connectivity index (χ2v) is 7.81. The molecule has 1 aromatic carbocycles. The van der Waals surface area contributed by atoms with Crippen molar-refractivity contribution in [3.63, 3.8) is 0 Å². The Kier molecular flexibility index (Phi) is 9.64. The van der Waals surface area contributed by atoms with Crippen molar-refractivity contribution in [2.75, 3.05) is 62.9 Å². The Hall–Kier alpha value is -2.78. The number of nitrogens with one attached hydrogen (secondary N) is 1. The third-order valence-electron chi connectivity index (χ3n) is 5.02. The summed E-state index contributed by atoms with van der Waals surface area (Å²) in [4.78, 5) is 18.2. The Morgan fingerprint density at radius 1 is 1.16 bits per heavy atom. The van der Waals surface area contributed by atoms with Gasteiger partial charge in [-0.1, -0.05) is 26.0 Å². The van der Waals surface area contributed by atoms with Gasteiger partial charge in [-0.2, -0.15) is 20.1 Å². The summed E-state index contributed by atoms with van der Waals surface area (Å²) < 4.78 is 11.3. The minimum absolute atomic E-state index is 0.331. The van der Waals surface area contributed by atoms with Gasteiger partial charge in [0.1, 0.15) is 6.61 Å². The summed E-state index contributed by atoms with van der Waals surface area (Å²) in [6.07, 6.45) is 3.63. The van der Waals surface area contributed by atoms with Crippen LogP contribution in [0, 0.1) is 6.92 Å². The number of hydrogen-bond acceptors (Lipinski definition) is 9. The fraction of sp³-hybridized carbons (Fsp3) is 0.565. The minimum Gasteiger partial charge on any atom is -0.462 e. The van der Waals surface area contributed by atoms with Gasteiger partial charge in [-0.05, 0) is 37.5 Å². The van der Waals surface area contributed by atoms with E-state index in [4.69, 9.17) is 9.47 Å².